The van der Waals surface area contributed by atoms with Crippen molar-refractivity contribution >= 4 is 17.6 Å². The van der Waals surface area contributed by atoms with E-state index in [0.717, 1.165) is 0 Å². The maximum atomic E-state index is 13.0. The number of carbonyl (C=O) groups is 1. The van der Waals surface area contributed by atoms with Crippen LogP contribution in [0.2, 0.25) is 5.02 Å². The molecule has 1 aromatic carbocycles. The summed E-state index contributed by atoms with van der Waals surface area (Å²) in [6.07, 6.45) is -1.50. The Hall–Kier alpha value is -1.30. The third-order valence-corrected chi connectivity index (χ3v) is 2.26. The molecular weight excluding hydrogens is 252 g/mol. The van der Waals surface area contributed by atoms with Gasteiger partial charge in [-0.25, -0.2) is 13.6 Å². The first-order valence-electron chi connectivity index (χ1n) is 3.99. The third-order valence-electron chi connectivity index (χ3n) is 1.85. The fourth-order valence-corrected chi connectivity index (χ4v) is 1.25. The molecular formula is C9H5ClF4O2. The molecule has 0 atom stereocenters. The molecule has 88 valence electrons. The molecule has 1 aromatic rings. The van der Waals surface area contributed by atoms with Crippen LogP contribution in [0.1, 0.15) is 5.56 Å². The van der Waals surface area contributed by atoms with Crippen LogP contribution in [0.5, 0.6) is 0 Å². The van der Waals surface area contributed by atoms with E-state index < -0.39 is 40.5 Å². The molecule has 0 bridgehead atoms. The number of carboxylic acid groups (broad SMARTS) is 1. The van der Waals surface area contributed by atoms with Crippen molar-refractivity contribution in [1.29, 1.82) is 0 Å². The second kappa shape index (κ2) is 4.29. The fraction of sp³-hybridized carbons (Fsp3) is 0.222. The van der Waals surface area contributed by atoms with E-state index in [1.54, 1.807) is 0 Å². The summed E-state index contributed by atoms with van der Waals surface area (Å²) < 4.78 is 51.4. The maximum Gasteiger partial charge on any atom is 0.374 e. The van der Waals surface area contributed by atoms with Crippen molar-refractivity contribution in [3.63, 3.8) is 0 Å². The largest absolute Gasteiger partial charge is 0.477 e. The molecule has 0 spiro atoms. The summed E-state index contributed by atoms with van der Waals surface area (Å²) >= 11 is 5.27. The molecule has 16 heavy (non-hydrogen) atoms. The Morgan fingerprint density at radius 1 is 1.31 bits per heavy atom. The van der Waals surface area contributed by atoms with Crippen molar-refractivity contribution in [2.24, 2.45) is 0 Å². The summed E-state index contributed by atoms with van der Waals surface area (Å²) in [5.41, 5.74) is -0.853. The Morgan fingerprint density at radius 2 is 1.81 bits per heavy atom. The van der Waals surface area contributed by atoms with Crippen molar-refractivity contribution in [3.05, 3.63) is 34.4 Å². The van der Waals surface area contributed by atoms with Gasteiger partial charge >= 0.3 is 11.9 Å². The van der Waals surface area contributed by atoms with Gasteiger partial charge in [-0.3, -0.25) is 0 Å². The molecule has 0 aliphatic rings. The lowest BCUT2D eigenvalue weighted by Crippen LogP contribution is -2.31. The Balaban J connectivity index is 3.15. The average molecular weight is 257 g/mol. The van der Waals surface area contributed by atoms with Crippen molar-refractivity contribution in [2.75, 3.05) is 0 Å². The van der Waals surface area contributed by atoms with Gasteiger partial charge in [0.15, 0.2) is 0 Å². The zero-order valence-corrected chi connectivity index (χ0v) is 8.36. The van der Waals surface area contributed by atoms with E-state index in [-0.39, 0.29) is 0 Å². The lowest BCUT2D eigenvalue weighted by atomic mass is 10.1. The average Bonchev–Trinajstić information content (AvgIpc) is 2.18. The molecule has 7 heteroatoms. The van der Waals surface area contributed by atoms with E-state index in [2.05, 4.69) is 0 Å². The molecule has 0 aromatic heterocycles. The molecule has 0 fully saturated rings. The van der Waals surface area contributed by atoms with Crippen LogP contribution in [0, 0.1) is 11.6 Å². The van der Waals surface area contributed by atoms with Crippen LogP contribution in [0.4, 0.5) is 17.6 Å². The summed E-state index contributed by atoms with van der Waals surface area (Å²) in [6, 6.07) is 1.27. The minimum Gasteiger partial charge on any atom is -0.477 e. The first kappa shape index (κ1) is 12.8. The van der Waals surface area contributed by atoms with E-state index in [9.17, 15) is 22.4 Å². The van der Waals surface area contributed by atoms with Gasteiger partial charge in [0.1, 0.15) is 11.6 Å². The number of alkyl halides is 2. The van der Waals surface area contributed by atoms with Gasteiger partial charge < -0.3 is 5.11 Å². The van der Waals surface area contributed by atoms with Gasteiger partial charge in [-0.1, -0.05) is 11.6 Å². The van der Waals surface area contributed by atoms with Crippen molar-refractivity contribution in [3.8, 4) is 0 Å². The summed E-state index contributed by atoms with van der Waals surface area (Å²) in [4.78, 5) is 10.1. The molecule has 0 heterocycles. The van der Waals surface area contributed by atoms with Crippen LogP contribution in [0.25, 0.3) is 0 Å². The molecule has 2 nitrogen and oxygen atoms in total. The van der Waals surface area contributed by atoms with Gasteiger partial charge in [-0.2, -0.15) is 8.78 Å². The minimum atomic E-state index is -4.20. The van der Waals surface area contributed by atoms with Gasteiger partial charge in [0.2, 0.25) is 0 Å². The smallest absolute Gasteiger partial charge is 0.374 e. The minimum absolute atomic E-state index is 0.606. The third kappa shape index (κ3) is 2.44. The van der Waals surface area contributed by atoms with E-state index in [1.807, 2.05) is 0 Å². The summed E-state index contributed by atoms with van der Waals surface area (Å²) in [5, 5.41) is 7.31. The molecule has 0 amide bonds. The predicted molar refractivity (Wildman–Crippen MR) is 47.7 cm³/mol. The lowest BCUT2D eigenvalue weighted by Gasteiger charge is -2.13. The topological polar surface area (TPSA) is 37.3 Å². The highest BCUT2D eigenvalue weighted by atomic mass is 35.5. The lowest BCUT2D eigenvalue weighted by molar-refractivity contribution is -0.164. The molecule has 0 radical (unpaired) electrons. The summed E-state index contributed by atoms with van der Waals surface area (Å²) in [5.74, 6) is -8.88. The van der Waals surface area contributed by atoms with E-state index in [1.165, 1.54) is 0 Å². The Labute approximate surface area is 92.4 Å². The Kier molecular flexibility index (Phi) is 3.42. The highest BCUT2D eigenvalue weighted by Crippen LogP contribution is 2.29. The Bertz CT molecular complexity index is 434. The van der Waals surface area contributed by atoms with Gasteiger partial charge in [0, 0.05) is 5.56 Å². The van der Waals surface area contributed by atoms with E-state index in [0.29, 0.717) is 12.1 Å². The first-order valence-corrected chi connectivity index (χ1v) is 4.37. The molecule has 0 unspecified atom stereocenters. The monoisotopic (exact) mass is 256 g/mol. The van der Waals surface area contributed by atoms with Crippen LogP contribution in [-0.4, -0.2) is 17.0 Å². The molecule has 0 saturated heterocycles. The standard InChI is InChI=1S/C9H5ClF4O2/c10-7-4(3-9(13,14)8(15)16)5(11)1-2-6(7)12/h1-2H,3H2,(H,15,16). The van der Waals surface area contributed by atoms with Crippen LogP contribution in [0.3, 0.4) is 0 Å². The Morgan fingerprint density at radius 3 is 2.31 bits per heavy atom. The zero-order chi connectivity index (χ0) is 12.5. The number of halogens is 5. The quantitative estimate of drug-likeness (QED) is 0.667. The number of carboxylic acids is 1. The molecule has 1 N–H and O–H groups in total. The van der Waals surface area contributed by atoms with Crippen LogP contribution in [0.15, 0.2) is 12.1 Å². The van der Waals surface area contributed by atoms with Crippen molar-refractivity contribution in [1.82, 2.24) is 0 Å². The summed E-state index contributed by atoms with van der Waals surface area (Å²) in [7, 11) is 0. The zero-order valence-electron chi connectivity index (χ0n) is 7.61. The van der Waals surface area contributed by atoms with Gasteiger partial charge in [0.05, 0.1) is 11.4 Å². The SMILES string of the molecule is O=C(O)C(F)(F)Cc1c(F)ccc(F)c1Cl. The van der Waals surface area contributed by atoms with Crippen LogP contribution in [-0.2, 0) is 11.2 Å². The molecule has 1 rings (SSSR count). The molecule has 0 aliphatic heterocycles. The fourth-order valence-electron chi connectivity index (χ4n) is 1.03. The van der Waals surface area contributed by atoms with Gasteiger partial charge in [-0.15, -0.1) is 0 Å². The van der Waals surface area contributed by atoms with Gasteiger partial charge in [0.25, 0.3) is 0 Å². The number of hydrogen-bond donors (Lipinski definition) is 1. The van der Waals surface area contributed by atoms with Crippen LogP contribution >= 0.6 is 11.6 Å². The number of aliphatic carboxylic acids is 1. The second-order valence-corrected chi connectivity index (χ2v) is 3.39. The number of benzene rings is 1. The number of rotatable bonds is 3. The van der Waals surface area contributed by atoms with Crippen LogP contribution < -0.4 is 0 Å². The summed E-state index contributed by atoms with van der Waals surface area (Å²) in [6.45, 7) is 0. The van der Waals surface area contributed by atoms with Gasteiger partial charge in [-0.05, 0) is 12.1 Å². The van der Waals surface area contributed by atoms with Crippen molar-refractivity contribution < 1.29 is 27.5 Å². The molecule has 0 saturated carbocycles. The second-order valence-electron chi connectivity index (χ2n) is 3.01. The normalized spacial score (nSPS) is 11.6. The van der Waals surface area contributed by atoms with Crippen molar-refractivity contribution in [2.45, 2.75) is 12.3 Å². The molecule has 0 aliphatic carbocycles. The highest BCUT2D eigenvalue weighted by Gasteiger charge is 2.40. The predicted octanol–water partition coefficient (Wildman–Crippen LogP) is 2.88. The van der Waals surface area contributed by atoms with E-state index >= 15 is 0 Å². The number of hydrogen-bond acceptors (Lipinski definition) is 1. The highest BCUT2D eigenvalue weighted by molar-refractivity contribution is 6.31. The first-order chi connectivity index (χ1) is 7.25. The maximum absolute atomic E-state index is 13.0. The van der Waals surface area contributed by atoms with E-state index in [4.69, 9.17) is 16.7 Å².